The van der Waals surface area contributed by atoms with Crippen molar-refractivity contribution >= 4 is 5.97 Å². The summed E-state index contributed by atoms with van der Waals surface area (Å²) in [5.74, 6) is 0.774. The van der Waals surface area contributed by atoms with Gasteiger partial charge in [-0.3, -0.25) is 4.79 Å². The van der Waals surface area contributed by atoms with E-state index in [1.165, 1.54) is 24.8 Å². The molecular weight excluding hydrogens is 406 g/mol. The molecule has 1 fully saturated rings. The Morgan fingerprint density at radius 1 is 1.00 bits per heavy atom. The van der Waals surface area contributed by atoms with Gasteiger partial charge in [0.15, 0.2) is 0 Å². The summed E-state index contributed by atoms with van der Waals surface area (Å²) in [5, 5.41) is 9.72. The van der Waals surface area contributed by atoms with E-state index in [1.807, 2.05) is 18.2 Å². The van der Waals surface area contributed by atoms with Gasteiger partial charge in [-0.15, -0.1) is 0 Å². The number of carbonyl (C=O) groups excluding carboxylic acids is 1. The maximum atomic E-state index is 13.6. The molecule has 0 aliphatic heterocycles. The molecule has 33 heavy (non-hydrogen) atoms. The van der Waals surface area contributed by atoms with Crippen LogP contribution in [0.3, 0.4) is 0 Å². The molecule has 1 saturated carbocycles. The Morgan fingerprint density at radius 2 is 1.70 bits per heavy atom. The zero-order chi connectivity index (χ0) is 23.7. The summed E-state index contributed by atoms with van der Waals surface area (Å²) in [7, 11) is 0. The van der Waals surface area contributed by atoms with E-state index in [0.29, 0.717) is 17.2 Å². The van der Waals surface area contributed by atoms with Crippen LogP contribution in [0.25, 0.3) is 0 Å². The SMILES string of the molecule is CCCCCCc1ccc(OC(=O)C2(c3ccc(CC(C)C)cc3)CCCCC2)c(C#N)c1. The summed E-state index contributed by atoms with van der Waals surface area (Å²) in [5.41, 5.74) is 3.31. The number of nitriles is 1. The first-order chi connectivity index (χ1) is 16.0. The second-order valence-corrected chi connectivity index (χ2v) is 10.1. The van der Waals surface area contributed by atoms with Crippen LogP contribution in [0.2, 0.25) is 0 Å². The molecule has 2 aromatic rings. The van der Waals surface area contributed by atoms with Crippen molar-refractivity contribution in [1.82, 2.24) is 0 Å². The van der Waals surface area contributed by atoms with Crippen molar-refractivity contribution < 1.29 is 9.53 Å². The number of hydrogen-bond donors (Lipinski definition) is 0. The highest BCUT2D eigenvalue weighted by atomic mass is 16.5. The molecule has 0 unspecified atom stereocenters. The molecule has 3 heteroatoms. The third-order valence-corrected chi connectivity index (χ3v) is 6.93. The Kier molecular flexibility index (Phi) is 9.12. The molecule has 1 aliphatic carbocycles. The number of aryl methyl sites for hydroxylation is 1. The van der Waals surface area contributed by atoms with Crippen LogP contribution in [0, 0.1) is 17.2 Å². The Bertz CT molecular complexity index is 946. The molecule has 0 saturated heterocycles. The minimum atomic E-state index is -0.625. The van der Waals surface area contributed by atoms with Gasteiger partial charge in [-0.2, -0.15) is 5.26 Å². The summed E-state index contributed by atoms with van der Waals surface area (Å²) in [4.78, 5) is 13.6. The van der Waals surface area contributed by atoms with Crippen LogP contribution in [0.4, 0.5) is 0 Å². The number of carbonyl (C=O) groups is 1. The summed E-state index contributed by atoms with van der Waals surface area (Å²) in [6.45, 7) is 6.64. The molecule has 0 radical (unpaired) electrons. The number of ether oxygens (including phenoxy) is 1. The van der Waals surface area contributed by atoms with E-state index in [0.717, 1.165) is 62.5 Å². The predicted octanol–water partition coefficient (Wildman–Crippen LogP) is 7.69. The highest BCUT2D eigenvalue weighted by Gasteiger charge is 2.43. The summed E-state index contributed by atoms with van der Waals surface area (Å²) in [6.07, 6.45) is 11.5. The molecule has 0 N–H and O–H groups in total. The maximum Gasteiger partial charge on any atom is 0.321 e. The third-order valence-electron chi connectivity index (χ3n) is 6.93. The molecule has 3 rings (SSSR count). The molecule has 0 spiro atoms. The largest absolute Gasteiger partial charge is 0.424 e. The van der Waals surface area contributed by atoms with Crippen LogP contribution in [0.5, 0.6) is 5.75 Å². The van der Waals surface area contributed by atoms with Crippen LogP contribution < -0.4 is 4.74 Å². The lowest BCUT2D eigenvalue weighted by Crippen LogP contribution is -2.41. The first-order valence-corrected chi connectivity index (χ1v) is 12.8. The van der Waals surface area contributed by atoms with Gasteiger partial charge in [0.25, 0.3) is 0 Å². The predicted molar refractivity (Wildman–Crippen MR) is 134 cm³/mol. The fraction of sp³-hybridized carbons (Fsp3) is 0.533. The van der Waals surface area contributed by atoms with E-state index >= 15 is 0 Å². The lowest BCUT2D eigenvalue weighted by atomic mass is 9.69. The first kappa shape index (κ1) is 25.0. The standard InChI is InChI=1S/C30H39NO2/c1-4-5-6-8-11-24-14-17-28(26(21-24)22-31)33-29(32)30(18-9-7-10-19-30)27-15-12-25(13-16-27)20-23(2)3/h12-17,21,23H,4-11,18-20H2,1-3H3. The molecule has 0 atom stereocenters. The van der Waals surface area contributed by atoms with Gasteiger partial charge >= 0.3 is 5.97 Å². The topological polar surface area (TPSA) is 50.1 Å². The van der Waals surface area contributed by atoms with Gasteiger partial charge < -0.3 is 4.74 Å². The van der Waals surface area contributed by atoms with Gasteiger partial charge in [0.1, 0.15) is 11.8 Å². The van der Waals surface area contributed by atoms with Crippen LogP contribution in [0.15, 0.2) is 42.5 Å². The van der Waals surface area contributed by atoms with Crippen molar-refractivity contribution in [2.45, 2.75) is 96.8 Å². The van der Waals surface area contributed by atoms with Crippen molar-refractivity contribution in [3.05, 3.63) is 64.7 Å². The molecule has 3 nitrogen and oxygen atoms in total. The van der Waals surface area contributed by atoms with Crippen molar-refractivity contribution in [3.8, 4) is 11.8 Å². The number of unbranched alkanes of at least 4 members (excludes halogenated alkanes) is 3. The zero-order valence-electron chi connectivity index (χ0n) is 20.7. The Morgan fingerprint density at radius 3 is 2.33 bits per heavy atom. The normalized spacial score (nSPS) is 15.2. The molecule has 0 aromatic heterocycles. The monoisotopic (exact) mass is 445 g/mol. The van der Waals surface area contributed by atoms with Crippen molar-refractivity contribution in [3.63, 3.8) is 0 Å². The fourth-order valence-electron chi connectivity index (χ4n) is 5.06. The third kappa shape index (κ3) is 6.47. The minimum absolute atomic E-state index is 0.217. The Balaban J connectivity index is 1.80. The van der Waals surface area contributed by atoms with Crippen LogP contribution in [0.1, 0.15) is 101 Å². The summed E-state index contributed by atoms with van der Waals surface area (Å²) < 4.78 is 5.97. The molecule has 176 valence electrons. The van der Waals surface area contributed by atoms with Gasteiger partial charge in [-0.1, -0.05) is 89.6 Å². The fourth-order valence-corrected chi connectivity index (χ4v) is 5.06. The van der Waals surface area contributed by atoms with E-state index < -0.39 is 5.41 Å². The highest BCUT2D eigenvalue weighted by Crippen LogP contribution is 2.41. The number of benzene rings is 2. The van der Waals surface area contributed by atoms with Crippen molar-refractivity contribution in [2.24, 2.45) is 5.92 Å². The first-order valence-electron chi connectivity index (χ1n) is 12.8. The maximum absolute atomic E-state index is 13.6. The molecule has 1 aliphatic rings. The van der Waals surface area contributed by atoms with Gasteiger partial charge in [0.05, 0.1) is 11.0 Å². The molecule has 0 heterocycles. The van der Waals surface area contributed by atoms with E-state index in [-0.39, 0.29) is 5.97 Å². The Hall–Kier alpha value is -2.60. The Labute approximate surface area is 200 Å². The lowest BCUT2D eigenvalue weighted by molar-refractivity contribution is -0.142. The van der Waals surface area contributed by atoms with Crippen molar-refractivity contribution in [1.29, 1.82) is 5.26 Å². The van der Waals surface area contributed by atoms with E-state index in [4.69, 9.17) is 4.74 Å². The summed E-state index contributed by atoms with van der Waals surface area (Å²) in [6, 6.07) is 16.5. The second-order valence-electron chi connectivity index (χ2n) is 10.1. The van der Waals surface area contributed by atoms with E-state index in [9.17, 15) is 10.1 Å². The molecule has 0 amide bonds. The average molecular weight is 446 g/mol. The van der Waals surface area contributed by atoms with Gasteiger partial charge in [-0.25, -0.2) is 0 Å². The molecule has 0 bridgehead atoms. The zero-order valence-corrected chi connectivity index (χ0v) is 20.7. The number of hydrogen-bond acceptors (Lipinski definition) is 3. The van der Waals surface area contributed by atoms with E-state index in [1.54, 1.807) is 0 Å². The quantitative estimate of drug-likeness (QED) is 0.214. The van der Waals surface area contributed by atoms with E-state index in [2.05, 4.69) is 51.1 Å². The number of esters is 1. The number of rotatable bonds is 10. The number of nitrogens with zero attached hydrogens (tertiary/aromatic N) is 1. The second kappa shape index (κ2) is 12.0. The molecular formula is C30H39NO2. The van der Waals surface area contributed by atoms with Gasteiger partial charge in [0, 0.05) is 0 Å². The summed E-state index contributed by atoms with van der Waals surface area (Å²) >= 11 is 0. The average Bonchev–Trinajstić information content (AvgIpc) is 2.83. The van der Waals surface area contributed by atoms with Crippen LogP contribution in [-0.2, 0) is 23.1 Å². The smallest absolute Gasteiger partial charge is 0.321 e. The van der Waals surface area contributed by atoms with Crippen molar-refractivity contribution in [2.75, 3.05) is 0 Å². The highest BCUT2D eigenvalue weighted by molar-refractivity contribution is 5.85. The van der Waals surface area contributed by atoms with Crippen LogP contribution in [-0.4, -0.2) is 5.97 Å². The van der Waals surface area contributed by atoms with Gasteiger partial charge in [0.2, 0.25) is 0 Å². The molecule has 2 aromatic carbocycles. The lowest BCUT2D eigenvalue weighted by Gasteiger charge is -2.35. The minimum Gasteiger partial charge on any atom is -0.424 e. The van der Waals surface area contributed by atoms with Gasteiger partial charge in [-0.05, 0) is 66.8 Å². The van der Waals surface area contributed by atoms with Crippen LogP contribution >= 0.6 is 0 Å².